The van der Waals surface area contributed by atoms with Gasteiger partial charge in [0, 0.05) is 22.4 Å². The summed E-state index contributed by atoms with van der Waals surface area (Å²) in [4.78, 5) is 27.2. The Balaban J connectivity index is 2.17. The van der Waals surface area contributed by atoms with Crippen molar-refractivity contribution in [3.05, 3.63) is 93.2 Å². The summed E-state index contributed by atoms with van der Waals surface area (Å²) in [6, 6.07) is 14.5. The number of carbonyl (C=O) groups is 2. The van der Waals surface area contributed by atoms with Gasteiger partial charge in [0.2, 0.25) is 0 Å². The van der Waals surface area contributed by atoms with Crippen LogP contribution in [-0.2, 0) is 19.1 Å². The van der Waals surface area contributed by atoms with Gasteiger partial charge in [-0.1, -0.05) is 59.6 Å². The average Bonchev–Trinajstić information content (AvgIpc) is 2.77. The Morgan fingerprint density at radius 2 is 1.50 bits per heavy atom. The van der Waals surface area contributed by atoms with Crippen molar-refractivity contribution < 1.29 is 19.1 Å². The maximum atomic E-state index is 12.7. The van der Waals surface area contributed by atoms with Gasteiger partial charge in [-0.2, -0.15) is 0 Å². The van der Waals surface area contributed by atoms with E-state index in [9.17, 15) is 9.59 Å². The number of hydrogen-bond donors (Lipinski definition) is 0. The zero-order valence-corrected chi connectivity index (χ0v) is 18.3. The monoisotopic (exact) mass is 445 g/mol. The molecule has 1 aliphatic rings. The lowest BCUT2D eigenvalue weighted by Gasteiger charge is -2.34. The molecule has 0 saturated heterocycles. The molecule has 7 heteroatoms. The van der Waals surface area contributed by atoms with E-state index in [-0.39, 0.29) is 17.2 Å². The minimum Gasteiger partial charge on any atom is -0.466 e. The van der Waals surface area contributed by atoms with Crippen LogP contribution in [0.25, 0.3) is 0 Å². The fraction of sp³-hybridized carbons (Fsp3) is 0.217. The number of halogens is 2. The summed E-state index contributed by atoms with van der Waals surface area (Å²) in [5.41, 5.74) is 2.11. The first kappa shape index (κ1) is 21.9. The standard InChI is InChI=1S/C23H21Cl2NO4/c1-14(15-7-5-4-6-8-15)26-12-18(22(27)29-2)21(19(13-26)23(28)30-3)17-10-9-16(24)11-20(17)25/h4-14,21H,1-3H3/t14-/m0/s1. The van der Waals surface area contributed by atoms with Gasteiger partial charge in [0.05, 0.1) is 37.3 Å². The molecule has 2 aromatic rings. The first-order valence-corrected chi connectivity index (χ1v) is 10.00. The highest BCUT2D eigenvalue weighted by atomic mass is 35.5. The third-order valence-corrected chi connectivity index (χ3v) is 5.61. The van der Waals surface area contributed by atoms with E-state index in [1.54, 1.807) is 35.5 Å². The Kier molecular flexibility index (Phi) is 6.85. The van der Waals surface area contributed by atoms with Crippen molar-refractivity contribution in [2.45, 2.75) is 18.9 Å². The van der Waals surface area contributed by atoms with Crippen LogP contribution in [0.15, 0.2) is 72.1 Å². The number of rotatable bonds is 5. The van der Waals surface area contributed by atoms with E-state index < -0.39 is 17.9 Å². The number of esters is 2. The molecule has 2 aromatic carbocycles. The van der Waals surface area contributed by atoms with E-state index in [0.29, 0.717) is 15.6 Å². The second-order valence-electron chi connectivity index (χ2n) is 6.78. The molecule has 0 unspecified atom stereocenters. The lowest BCUT2D eigenvalue weighted by atomic mass is 9.83. The zero-order valence-electron chi connectivity index (χ0n) is 16.8. The molecular formula is C23H21Cl2NO4. The summed E-state index contributed by atoms with van der Waals surface area (Å²) in [5.74, 6) is -1.88. The largest absolute Gasteiger partial charge is 0.466 e. The summed E-state index contributed by atoms with van der Waals surface area (Å²) < 4.78 is 10.0. The van der Waals surface area contributed by atoms with Crippen molar-refractivity contribution in [1.82, 2.24) is 4.90 Å². The quantitative estimate of drug-likeness (QED) is 0.586. The van der Waals surface area contributed by atoms with Gasteiger partial charge in [-0.15, -0.1) is 0 Å². The average molecular weight is 446 g/mol. The van der Waals surface area contributed by atoms with Crippen molar-refractivity contribution in [3.8, 4) is 0 Å². The number of hydrogen-bond acceptors (Lipinski definition) is 5. The van der Waals surface area contributed by atoms with Gasteiger partial charge in [0.25, 0.3) is 0 Å². The van der Waals surface area contributed by atoms with Crippen LogP contribution in [0.4, 0.5) is 0 Å². The predicted octanol–water partition coefficient (Wildman–Crippen LogP) is 5.27. The molecule has 1 atom stereocenters. The fourth-order valence-corrected chi connectivity index (χ4v) is 3.97. The number of methoxy groups -OCH3 is 2. The first-order chi connectivity index (χ1) is 14.4. The lowest BCUT2D eigenvalue weighted by Crippen LogP contribution is -2.30. The van der Waals surface area contributed by atoms with E-state index >= 15 is 0 Å². The molecule has 30 heavy (non-hydrogen) atoms. The van der Waals surface area contributed by atoms with Crippen molar-refractivity contribution >= 4 is 35.1 Å². The summed E-state index contributed by atoms with van der Waals surface area (Å²) in [6.07, 6.45) is 3.37. The van der Waals surface area contributed by atoms with Crippen LogP contribution in [0.2, 0.25) is 10.0 Å². The van der Waals surface area contributed by atoms with Crippen LogP contribution in [0.3, 0.4) is 0 Å². The molecule has 0 radical (unpaired) electrons. The highest BCUT2D eigenvalue weighted by molar-refractivity contribution is 6.35. The van der Waals surface area contributed by atoms with Gasteiger partial charge in [0.1, 0.15) is 0 Å². The van der Waals surface area contributed by atoms with Crippen LogP contribution in [0.1, 0.15) is 30.0 Å². The lowest BCUT2D eigenvalue weighted by molar-refractivity contribution is -0.137. The molecule has 1 heterocycles. The fourth-order valence-electron chi connectivity index (χ4n) is 3.45. The Morgan fingerprint density at radius 1 is 0.933 bits per heavy atom. The minimum absolute atomic E-state index is 0.146. The van der Waals surface area contributed by atoms with E-state index in [0.717, 1.165) is 5.56 Å². The SMILES string of the molecule is COC(=O)C1=CN([C@@H](C)c2ccccc2)C=C(C(=O)OC)C1c1ccc(Cl)cc1Cl. The van der Waals surface area contributed by atoms with Gasteiger partial charge in [-0.05, 0) is 30.2 Å². The van der Waals surface area contributed by atoms with Crippen LogP contribution < -0.4 is 0 Å². The molecular weight excluding hydrogens is 425 g/mol. The maximum Gasteiger partial charge on any atom is 0.336 e. The number of nitrogens with zero attached hydrogens (tertiary/aromatic N) is 1. The third kappa shape index (κ3) is 4.37. The molecule has 0 aromatic heterocycles. The van der Waals surface area contributed by atoms with Crippen LogP contribution >= 0.6 is 23.2 Å². The summed E-state index contributed by atoms with van der Waals surface area (Å²) >= 11 is 12.5. The molecule has 0 saturated carbocycles. The Morgan fingerprint density at radius 3 is 2.00 bits per heavy atom. The first-order valence-electron chi connectivity index (χ1n) is 9.24. The number of carbonyl (C=O) groups excluding carboxylic acids is 2. The van der Waals surface area contributed by atoms with Crippen molar-refractivity contribution in [2.75, 3.05) is 14.2 Å². The predicted molar refractivity (Wildman–Crippen MR) is 116 cm³/mol. The summed E-state index contributed by atoms with van der Waals surface area (Å²) in [5, 5.41) is 0.785. The molecule has 0 fully saturated rings. The molecule has 0 N–H and O–H groups in total. The van der Waals surface area contributed by atoms with Crippen molar-refractivity contribution in [2.24, 2.45) is 0 Å². The molecule has 0 amide bonds. The second-order valence-corrected chi connectivity index (χ2v) is 7.63. The topological polar surface area (TPSA) is 55.8 Å². The van der Waals surface area contributed by atoms with E-state index in [2.05, 4.69) is 0 Å². The maximum absolute atomic E-state index is 12.7. The molecule has 1 aliphatic heterocycles. The molecule has 0 bridgehead atoms. The smallest absolute Gasteiger partial charge is 0.336 e. The molecule has 5 nitrogen and oxygen atoms in total. The van der Waals surface area contributed by atoms with Crippen LogP contribution in [0.5, 0.6) is 0 Å². The van der Waals surface area contributed by atoms with Gasteiger partial charge in [0.15, 0.2) is 0 Å². The zero-order chi connectivity index (χ0) is 21.8. The van der Waals surface area contributed by atoms with Gasteiger partial charge >= 0.3 is 11.9 Å². The Labute approximate surface area is 185 Å². The number of benzene rings is 2. The molecule has 3 rings (SSSR count). The second kappa shape index (κ2) is 9.37. The van der Waals surface area contributed by atoms with Gasteiger partial charge in [-0.3, -0.25) is 0 Å². The van der Waals surface area contributed by atoms with Gasteiger partial charge in [-0.25, -0.2) is 9.59 Å². The Bertz CT molecular complexity index is 983. The van der Waals surface area contributed by atoms with Crippen LogP contribution in [0, 0.1) is 0 Å². The number of ether oxygens (including phenoxy) is 2. The van der Waals surface area contributed by atoms with Crippen molar-refractivity contribution in [1.29, 1.82) is 0 Å². The summed E-state index contributed by atoms with van der Waals surface area (Å²) in [7, 11) is 2.59. The van der Waals surface area contributed by atoms with E-state index in [1.165, 1.54) is 14.2 Å². The Hall–Kier alpha value is -2.76. The van der Waals surface area contributed by atoms with E-state index in [4.69, 9.17) is 32.7 Å². The van der Waals surface area contributed by atoms with Crippen molar-refractivity contribution in [3.63, 3.8) is 0 Å². The molecule has 0 spiro atoms. The minimum atomic E-state index is -0.756. The van der Waals surface area contributed by atoms with E-state index in [1.807, 2.05) is 37.3 Å². The normalized spacial score (nSPS) is 15.2. The molecule has 0 aliphatic carbocycles. The summed E-state index contributed by atoms with van der Waals surface area (Å²) in [6.45, 7) is 1.97. The molecule has 156 valence electrons. The van der Waals surface area contributed by atoms with Crippen LogP contribution in [-0.4, -0.2) is 31.1 Å². The highest BCUT2D eigenvalue weighted by Crippen LogP contribution is 2.42. The van der Waals surface area contributed by atoms with Gasteiger partial charge < -0.3 is 14.4 Å². The highest BCUT2D eigenvalue weighted by Gasteiger charge is 2.37. The third-order valence-electron chi connectivity index (χ3n) is 5.04.